The van der Waals surface area contributed by atoms with Crippen LogP contribution in [0.15, 0.2) is 59.6 Å². The molecule has 0 saturated heterocycles. The lowest BCUT2D eigenvalue weighted by Crippen LogP contribution is -2.23. The molecule has 4 heteroatoms. The molecule has 3 N–H and O–H groups in total. The van der Waals surface area contributed by atoms with Gasteiger partial charge in [-0.25, -0.2) is 0 Å². The maximum absolute atomic E-state index is 5.85. The number of nitrogens with two attached hydrogens (primary N) is 1. The van der Waals surface area contributed by atoms with Crippen LogP contribution in [0.2, 0.25) is 0 Å². The predicted molar refractivity (Wildman–Crippen MR) is 83.3 cm³/mol. The zero-order valence-electron chi connectivity index (χ0n) is 11.5. The van der Waals surface area contributed by atoms with Crippen molar-refractivity contribution in [3.63, 3.8) is 0 Å². The topological polar surface area (TPSA) is 59.6 Å². The highest BCUT2D eigenvalue weighted by Crippen LogP contribution is 2.17. The van der Waals surface area contributed by atoms with Crippen molar-refractivity contribution in [2.24, 2.45) is 10.7 Å². The van der Waals surface area contributed by atoms with Crippen molar-refractivity contribution in [3.05, 3.63) is 60.2 Å². The van der Waals surface area contributed by atoms with Gasteiger partial charge in [-0.05, 0) is 30.2 Å². The van der Waals surface area contributed by atoms with Crippen LogP contribution in [0, 0.1) is 0 Å². The summed E-state index contributed by atoms with van der Waals surface area (Å²) in [7, 11) is 1.67. The molecule has 20 heavy (non-hydrogen) atoms. The minimum Gasteiger partial charge on any atom is -0.496 e. The second-order valence-corrected chi connectivity index (χ2v) is 4.32. The van der Waals surface area contributed by atoms with Gasteiger partial charge in [-0.3, -0.25) is 4.99 Å². The van der Waals surface area contributed by atoms with Crippen LogP contribution in [0.4, 0.5) is 5.69 Å². The molecular formula is C16H19N3O. The molecule has 2 rings (SSSR count). The van der Waals surface area contributed by atoms with Gasteiger partial charge < -0.3 is 15.8 Å². The number of methoxy groups -OCH3 is 1. The molecule has 0 bridgehead atoms. The van der Waals surface area contributed by atoms with Gasteiger partial charge in [0.2, 0.25) is 0 Å². The lowest BCUT2D eigenvalue weighted by atomic mass is 10.1. The molecule has 0 fully saturated rings. The maximum atomic E-state index is 5.85. The summed E-state index contributed by atoms with van der Waals surface area (Å²) in [6.45, 7) is 0.617. The smallest absolute Gasteiger partial charge is 0.193 e. The third-order valence-electron chi connectivity index (χ3n) is 2.90. The Balaban J connectivity index is 1.89. The second kappa shape index (κ2) is 7.19. The molecule has 0 aliphatic heterocycles. The van der Waals surface area contributed by atoms with Crippen LogP contribution in [-0.2, 0) is 6.42 Å². The van der Waals surface area contributed by atoms with E-state index in [1.165, 1.54) is 0 Å². The molecule has 0 aromatic heterocycles. The van der Waals surface area contributed by atoms with E-state index in [1.54, 1.807) is 7.11 Å². The molecule has 0 aliphatic carbocycles. The van der Waals surface area contributed by atoms with E-state index in [0.717, 1.165) is 23.4 Å². The second-order valence-electron chi connectivity index (χ2n) is 4.32. The van der Waals surface area contributed by atoms with E-state index in [1.807, 2.05) is 54.6 Å². The van der Waals surface area contributed by atoms with Crippen molar-refractivity contribution in [2.75, 3.05) is 19.0 Å². The zero-order chi connectivity index (χ0) is 14.2. The number of hydrogen-bond donors (Lipinski definition) is 2. The van der Waals surface area contributed by atoms with Crippen LogP contribution in [0.3, 0.4) is 0 Å². The molecular weight excluding hydrogens is 250 g/mol. The summed E-state index contributed by atoms with van der Waals surface area (Å²) in [6.07, 6.45) is 0.793. The molecule has 0 spiro atoms. The number of ether oxygens (including phenoxy) is 1. The average molecular weight is 269 g/mol. The van der Waals surface area contributed by atoms with Gasteiger partial charge in [0, 0.05) is 12.2 Å². The SMILES string of the molecule is COc1ccccc1CCN=C(N)Nc1ccccc1. The highest BCUT2D eigenvalue weighted by Gasteiger charge is 2.00. The largest absolute Gasteiger partial charge is 0.496 e. The van der Waals surface area contributed by atoms with Crippen molar-refractivity contribution < 1.29 is 4.74 Å². The number of benzene rings is 2. The van der Waals surface area contributed by atoms with Gasteiger partial charge in [-0.2, -0.15) is 0 Å². The number of nitrogens with one attached hydrogen (secondary N) is 1. The normalized spacial score (nSPS) is 11.2. The average Bonchev–Trinajstić information content (AvgIpc) is 2.49. The van der Waals surface area contributed by atoms with E-state index < -0.39 is 0 Å². The fourth-order valence-corrected chi connectivity index (χ4v) is 1.92. The summed E-state index contributed by atoms with van der Waals surface area (Å²) in [4.78, 5) is 4.32. The highest BCUT2D eigenvalue weighted by atomic mass is 16.5. The molecule has 2 aromatic rings. The van der Waals surface area contributed by atoms with Gasteiger partial charge in [-0.1, -0.05) is 36.4 Å². The van der Waals surface area contributed by atoms with Gasteiger partial charge in [-0.15, -0.1) is 0 Å². The Hall–Kier alpha value is -2.49. The fourth-order valence-electron chi connectivity index (χ4n) is 1.92. The first-order valence-corrected chi connectivity index (χ1v) is 6.53. The summed E-state index contributed by atoms with van der Waals surface area (Å²) in [5.41, 5.74) is 7.92. The van der Waals surface area contributed by atoms with Gasteiger partial charge in [0.15, 0.2) is 5.96 Å². The Labute approximate surface area is 119 Å². The summed E-state index contributed by atoms with van der Waals surface area (Å²) in [5, 5.41) is 3.05. The Bertz CT molecular complexity index is 567. The third-order valence-corrected chi connectivity index (χ3v) is 2.90. The van der Waals surface area contributed by atoms with E-state index in [2.05, 4.69) is 10.3 Å². The molecule has 0 atom stereocenters. The predicted octanol–water partition coefficient (Wildman–Crippen LogP) is 2.66. The van der Waals surface area contributed by atoms with Crippen molar-refractivity contribution in [1.29, 1.82) is 0 Å². The number of guanidine groups is 1. The Morgan fingerprint density at radius 1 is 1.10 bits per heavy atom. The van der Waals surface area contributed by atoms with Gasteiger partial charge in [0.1, 0.15) is 5.75 Å². The lowest BCUT2D eigenvalue weighted by Gasteiger charge is -2.07. The summed E-state index contributed by atoms with van der Waals surface area (Å²) in [6, 6.07) is 17.7. The van der Waals surface area contributed by atoms with Crippen LogP contribution in [0.5, 0.6) is 5.75 Å². The van der Waals surface area contributed by atoms with E-state index in [4.69, 9.17) is 10.5 Å². The van der Waals surface area contributed by atoms with E-state index in [0.29, 0.717) is 12.5 Å². The van der Waals surface area contributed by atoms with Crippen LogP contribution in [0.25, 0.3) is 0 Å². The van der Waals surface area contributed by atoms with Crippen molar-refractivity contribution >= 4 is 11.6 Å². The molecule has 0 amide bonds. The van der Waals surface area contributed by atoms with Gasteiger partial charge in [0.25, 0.3) is 0 Å². The number of rotatable bonds is 5. The molecule has 0 saturated carbocycles. The van der Waals surface area contributed by atoms with E-state index in [-0.39, 0.29) is 0 Å². The van der Waals surface area contributed by atoms with Crippen LogP contribution in [0.1, 0.15) is 5.56 Å². The van der Waals surface area contributed by atoms with Crippen LogP contribution < -0.4 is 15.8 Å². The van der Waals surface area contributed by atoms with Crippen LogP contribution >= 0.6 is 0 Å². The lowest BCUT2D eigenvalue weighted by molar-refractivity contribution is 0.410. The summed E-state index contributed by atoms with van der Waals surface area (Å²) >= 11 is 0. The maximum Gasteiger partial charge on any atom is 0.193 e. The standard InChI is InChI=1S/C16H19N3O/c1-20-15-10-6-5-7-13(15)11-12-18-16(17)19-14-8-3-2-4-9-14/h2-10H,11-12H2,1H3,(H3,17,18,19). The first kappa shape index (κ1) is 13.9. The molecule has 0 radical (unpaired) electrons. The molecule has 0 aliphatic rings. The first-order valence-electron chi connectivity index (χ1n) is 6.53. The number of aliphatic imine (C=N–C) groups is 1. The zero-order valence-corrected chi connectivity index (χ0v) is 11.5. The van der Waals surface area contributed by atoms with E-state index >= 15 is 0 Å². The summed E-state index contributed by atoms with van der Waals surface area (Å²) < 4.78 is 5.30. The quantitative estimate of drug-likeness (QED) is 0.648. The van der Waals surface area contributed by atoms with Crippen molar-refractivity contribution in [1.82, 2.24) is 0 Å². The van der Waals surface area contributed by atoms with Crippen molar-refractivity contribution in [2.45, 2.75) is 6.42 Å². The first-order chi connectivity index (χ1) is 9.79. The Kier molecular flexibility index (Phi) is 5.00. The number of para-hydroxylation sites is 2. The molecule has 0 heterocycles. The number of hydrogen-bond acceptors (Lipinski definition) is 2. The molecule has 104 valence electrons. The highest BCUT2D eigenvalue weighted by molar-refractivity contribution is 5.92. The third kappa shape index (κ3) is 4.02. The number of nitrogens with zero attached hydrogens (tertiary/aromatic N) is 1. The molecule has 4 nitrogen and oxygen atoms in total. The molecule has 2 aromatic carbocycles. The monoisotopic (exact) mass is 269 g/mol. The number of anilines is 1. The Morgan fingerprint density at radius 2 is 1.80 bits per heavy atom. The summed E-state index contributed by atoms with van der Waals surface area (Å²) in [5.74, 6) is 1.31. The van der Waals surface area contributed by atoms with Gasteiger partial charge in [0.05, 0.1) is 7.11 Å². The van der Waals surface area contributed by atoms with Crippen LogP contribution in [-0.4, -0.2) is 19.6 Å². The van der Waals surface area contributed by atoms with Gasteiger partial charge >= 0.3 is 0 Å². The fraction of sp³-hybridized carbons (Fsp3) is 0.188. The minimum atomic E-state index is 0.422. The Morgan fingerprint density at radius 3 is 2.55 bits per heavy atom. The van der Waals surface area contributed by atoms with E-state index in [9.17, 15) is 0 Å². The van der Waals surface area contributed by atoms with Crippen molar-refractivity contribution in [3.8, 4) is 5.75 Å². The molecule has 0 unspecified atom stereocenters. The minimum absolute atomic E-state index is 0.422.